The van der Waals surface area contributed by atoms with E-state index in [0.29, 0.717) is 6.61 Å². The first kappa shape index (κ1) is 14.1. The molecule has 1 rings (SSSR count). The molecule has 1 unspecified atom stereocenters. The fourth-order valence-corrected chi connectivity index (χ4v) is 2.82. The first-order chi connectivity index (χ1) is 7.72. The summed E-state index contributed by atoms with van der Waals surface area (Å²) in [6.45, 7) is 9.10. The Balaban J connectivity index is 2.05. The fourth-order valence-electron chi connectivity index (χ4n) is 1.86. The summed E-state index contributed by atoms with van der Waals surface area (Å²) < 4.78 is 5.26. The molecule has 16 heavy (non-hydrogen) atoms. The molecule has 5 heteroatoms. The predicted molar refractivity (Wildman–Crippen MR) is 70.7 cm³/mol. The summed E-state index contributed by atoms with van der Waals surface area (Å²) in [4.78, 5) is 4.93. The Hall–Kier alpha value is 0.01000. The van der Waals surface area contributed by atoms with Crippen LogP contribution in [-0.2, 0) is 4.74 Å². The van der Waals surface area contributed by atoms with Crippen molar-refractivity contribution >= 4 is 13.8 Å². The van der Waals surface area contributed by atoms with Gasteiger partial charge in [-0.15, -0.1) is 0 Å². The lowest BCUT2D eigenvalue weighted by Crippen LogP contribution is -2.47. The number of nitrogens with zero attached hydrogens (tertiary/aromatic N) is 2. The van der Waals surface area contributed by atoms with Gasteiger partial charge in [0, 0.05) is 32.7 Å². The Morgan fingerprint density at radius 1 is 1.19 bits per heavy atom. The van der Waals surface area contributed by atoms with Crippen LogP contribution in [0.25, 0.3) is 0 Å². The maximum atomic E-state index is 8.57. The highest BCUT2D eigenvalue weighted by atomic mass is 31.1. The third-order valence-corrected chi connectivity index (χ3v) is 3.58. The number of hydrogen-bond acceptors (Lipinski definition) is 4. The monoisotopic (exact) mass is 247 g/mol. The molecular formula is C11H24N2O2P+. The molecule has 1 N–H and O–H groups in total. The molecule has 0 radical (unpaired) electrons. The van der Waals surface area contributed by atoms with Crippen LogP contribution in [0.2, 0.25) is 0 Å². The van der Waals surface area contributed by atoms with E-state index < -0.39 is 0 Å². The van der Waals surface area contributed by atoms with Crippen LogP contribution < -0.4 is 0 Å². The first-order valence-electron chi connectivity index (χ1n) is 5.87. The molecule has 0 aromatic carbocycles. The van der Waals surface area contributed by atoms with E-state index in [9.17, 15) is 0 Å². The number of hydrogen-bond donors (Lipinski definition) is 1. The van der Waals surface area contributed by atoms with Gasteiger partial charge in [0.2, 0.25) is 0 Å². The number of ether oxygens (including phenoxy) is 1. The van der Waals surface area contributed by atoms with Gasteiger partial charge >= 0.3 is 0 Å². The van der Waals surface area contributed by atoms with Crippen molar-refractivity contribution < 1.29 is 9.84 Å². The maximum Gasteiger partial charge on any atom is 0.159 e. The molecule has 1 saturated heterocycles. The molecule has 4 nitrogen and oxygen atoms in total. The number of aliphatic hydroxyl groups excluding tert-OH is 1. The molecule has 0 aliphatic carbocycles. The minimum atomic E-state index is -0.0486. The van der Waals surface area contributed by atoms with Gasteiger partial charge in [-0.3, -0.25) is 9.80 Å². The molecule has 0 bridgehead atoms. The van der Waals surface area contributed by atoms with Crippen LogP contribution in [0.5, 0.6) is 0 Å². The Kier molecular flexibility index (Phi) is 7.17. The Bertz CT molecular complexity index is 206. The van der Waals surface area contributed by atoms with Gasteiger partial charge in [-0.1, -0.05) is 0 Å². The van der Waals surface area contributed by atoms with E-state index in [1.54, 1.807) is 0 Å². The zero-order chi connectivity index (χ0) is 11.8. The van der Waals surface area contributed by atoms with E-state index in [1.165, 1.54) is 6.29 Å². The van der Waals surface area contributed by atoms with Crippen LogP contribution in [0.4, 0.5) is 0 Å². The highest BCUT2D eigenvalue weighted by molar-refractivity contribution is 7.54. The minimum absolute atomic E-state index is 0.0486. The zero-order valence-electron chi connectivity index (χ0n) is 10.3. The molecule has 0 aromatic heterocycles. The van der Waals surface area contributed by atoms with E-state index in [-0.39, 0.29) is 14.2 Å². The van der Waals surface area contributed by atoms with Crippen LogP contribution in [0.1, 0.15) is 0 Å². The van der Waals surface area contributed by atoms with Gasteiger partial charge in [-0.25, -0.2) is 0 Å². The number of aliphatic hydroxyl groups is 1. The van der Waals surface area contributed by atoms with Gasteiger partial charge < -0.3 is 9.84 Å². The zero-order valence-corrected chi connectivity index (χ0v) is 11.2. The topological polar surface area (TPSA) is 35.9 Å². The standard InChI is InChI=1S/C11H24N2O2P/c1-16(2)11-13-5-3-12(4-6-13)7-9-15-10-8-14/h14H,1,3-11H2,2H3/q+1. The first-order valence-corrected chi connectivity index (χ1v) is 8.03. The van der Waals surface area contributed by atoms with Crippen LogP contribution in [-0.4, -0.2) is 86.7 Å². The normalized spacial score (nSPS) is 20.0. The summed E-state index contributed by atoms with van der Waals surface area (Å²) in [6, 6.07) is 0. The molecule has 1 atom stereocenters. The largest absolute Gasteiger partial charge is 0.394 e. The fraction of sp³-hybridized carbons (Fsp3) is 0.909. The minimum Gasteiger partial charge on any atom is -0.394 e. The lowest BCUT2D eigenvalue weighted by atomic mass is 10.3. The molecule has 94 valence electrons. The summed E-state index contributed by atoms with van der Waals surface area (Å²) >= 11 is 0. The average Bonchev–Trinajstić information content (AvgIpc) is 2.26. The van der Waals surface area contributed by atoms with Gasteiger partial charge in [0.25, 0.3) is 0 Å². The number of piperazine rings is 1. The summed E-state index contributed by atoms with van der Waals surface area (Å²) in [5.74, 6) is 0. The molecule has 1 aliphatic rings. The summed E-state index contributed by atoms with van der Waals surface area (Å²) in [5, 5.41) is 8.57. The van der Waals surface area contributed by atoms with Crippen molar-refractivity contribution in [2.45, 2.75) is 0 Å². The second-order valence-corrected chi connectivity index (χ2v) is 6.29. The van der Waals surface area contributed by atoms with Gasteiger partial charge in [0.05, 0.1) is 40.3 Å². The molecule has 0 spiro atoms. The second-order valence-electron chi connectivity index (χ2n) is 4.29. The van der Waals surface area contributed by atoms with Crippen LogP contribution >= 0.6 is 7.55 Å². The highest BCUT2D eigenvalue weighted by Gasteiger charge is 2.18. The van der Waals surface area contributed by atoms with Gasteiger partial charge in [0.1, 0.15) is 0 Å². The van der Waals surface area contributed by atoms with Crippen molar-refractivity contribution in [3.8, 4) is 0 Å². The van der Waals surface area contributed by atoms with Crippen molar-refractivity contribution in [1.82, 2.24) is 9.80 Å². The van der Waals surface area contributed by atoms with Crippen molar-refractivity contribution in [2.24, 2.45) is 0 Å². The van der Waals surface area contributed by atoms with Crippen LogP contribution in [0, 0.1) is 0 Å². The maximum absolute atomic E-state index is 8.57. The average molecular weight is 247 g/mol. The van der Waals surface area contributed by atoms with E-state index in [0.717, 1.165) is 39.3 Å². The van der Waals surface area contributed by atoms with Gasteiger partial charge in [-0.2, -0.15) is 0 Å². The molecule has 0 amide bonds. The Labute approximate surface area is 99.6 Å². The van der Waals surface area contributed by atoms with E-state index in [1.807, 2.05) is 0 Å². The van der Waals surface area contributed by atoms with Crippen LogP contribution in [0.3, 0.4) is 0 Å². The van der Waals surface area contributed by atoms with Crippen molar-refractivity contribution in [3.63, 3.8) is 0 Å². The van der Waals surface area contributed by atoms with Crippen LogP contribution in [0.15, 0.2) is 0 Å². The lowest BCUT2D eigenvalue weighted by molar-refractivity contribution is 0.0604. The SMILES string of the molecule is C=[P+](C)CN1CCN(CCOCCO)CC1. The quantitative estimate of drug-likeness (QED) is 0.512. The van der Waals surface area contributed by atoms with Gasteiger partial charge in [0.15, 0.2) is 6.29 Å². The van der Waals surface area contributed by atoms with Gasteiger partial charge in [-0.05, 0) is 0 Å². The van der Waals surface area contributed by atoms with E-state index >= 15 is 0 Å². The lowest BCUT2D eigenvalue weighted by Gasteiger charge is -2.32. The Morgan fingerprint density at radius 3 is 2.38 bits per heavy atom. The third kappa shape index (κ3) is 5.92. The molecule has 1 aliphatic heterocycles. The summed E-state index contributed by atoms with van der Waals surface area (Å²) in [7, 11) is -0.0486. The predicted octanol–water partition coefficient (Wildman–Crippen LogP) is 0.114. The van der Waals surface area contributed by atoms with E-state index in [2.05, 4.69) is 22.8 Å². The van der Waals surface area contributed by atoms with Crippen molar-refractivity contribution in [3.05, 3.63) is 0 Å². The smallest absolute Gasteiger partial charge is 0.159 e. The highest BCUT2D eigenvalue weighted by Crippen LogP contribution is 2.16. The number of rotatable bonds is 7. The van der Waals surface area contributed by atoms with Crippen molar-refractivity contribution in [1.29, 1.82) is 0 Å². The Morgan fingerprint density at radius 2 is 1.81 bits per heavy atom. The molecular weight excluding hydrogens is 223 g/mol. The molecule has 0 aromatic rings. The van der Waals surface area contributed by atoms with Crippen molar-refractivity contribution in [2.75, 3.05) is 65.5 Å². The molecule has 1 heterocycles. The second kappa shape index (κ2) is 8.15. The third-order valence-electron chi connectivity index (χ3n) is 2.69. The molecule has 1 fully saturated rings. The summed E-state index contributed by atoms with van der Waals surface area (Å²) in [6.07, 6.45) is 5.26. The molecule has 0 saturated carbocycles. The van der Waals surface area contributed by atoms with E-state index in [4.69, 9.17) is 9.84 Å². The summed E-state index contributed by atoms with van der Waals surface area (Å²) in [5.41, 5.74) is 0.